The molecule has 0 amide bonds. The van der Waals surface area contributed by atoms with Gasteiger partial charge in [0.05, 0.1) is 10.5 Å². The van der Waals surface area contributed by atoms with Crippen molar-refractivity contribution in [3.8, 4) is 0 Å². The van der Waals surface area contributed by atoms with E-state index in [1.807, 2.05) is 0 Å². The van der Waals surface area contributed by atoms with Gasteiger partial charge in [0, 0.05) is 30.0 Å². The normalized spacial score (nSPS) is 15.8. The minimum Gasteiger partial charge on any atom is -0.384 e. The van der Waals surface area contributed by atoms with E-state index in [4.69, 9.17) is 0 Å². The molecule has 156 valence electrons. The Balaban J connectivity index is 1.87. The number of halogens is 4. The Hall–Kier alpha value is -2.69. The van der Waals surface area contributed by atoms with Crippen LogP contribution in [0.2, 0.25) is 0 Å². The van der Waals surface area contributed by atoms with Crippen molar-refractivity contribution in [2.75, 3.05) is 18.1 Å². The summed E-state index contributed by atoms with van der Waals surface area (Å²) >= 11 is 0. The Kier molecular flexibility index (Phi) is 5.06. The predicted octanol–water partition coefficient (Wildman–Crippen LogP) is 4.30. The number of hydrogen-bond donors (Lipinski definition) is 1. The topological polar surface area (TPSA) is 89.3 Å². The first kappa shape index (κ1) is 21.0. The third-order valence-electron chi connectivity index (χ3n) is 4.88. The second-order valence-electron chi connectivity index (χ2n) is 7.07. The third kappa shape index (κ3) is 4.50. The quantitative estimate of drug-likeness (QED) is 0.418. The first-order valence-corrected chi connectivity index (χ1v) is 10.3. The number of benzene rings is 2. The Morgan fingerprint density at radius 1 is 1.17 bits per heavy atom. The average molecular weight is 432 g/mol. The monoisotopic (exact) mass is 432 g/mol. The number of nitrogens with one attached hydrogen (secondary N) is 1. The highest BCUT2D eigenvalue weighted by Gasteiger charge is 2.45. The van der Waals surface area contributed by atoms with Gasteiger partial charge in [0.25, 0.3) is 5.69 Å². The van der Waals surface area contributed by atoms with Crippen LogP contribution in [0.15, 0.2) is 41.3 Å². The first-order chi connectivity index (χ1) is 13.3. The molecule has 29 heavy (non-hydrogen) atoms. The highest BCUT2D eigenvalue weighted by atomic mass is 32.2. The molecule has 1 fully saturated rings. The van der Waals surface area contributed by atoms with Crippen LogP contribution in [-0.4, -0.2) is 26.1 Å². The molecule has 1 aliphatic rings. The van der Waals surface area contributed by atoms with Crippen molar-refractivity contribution in [1.29, 1.82) is 0 Å². The lowest BCUT2D eigenvalue weighted by atomic mass is 9.93. The van der Waals surface area contributed by atoms with Gasteiger partial charge in [-0.15, -0.1) is 0 Å². The fourth-order valence-corrected chi connectivity index (χ4v) is 3.98. The average Bonchev–Trinajstić information content (AvgIpc) is 3.39. The Labute approximate surface area is 163 Å². The molecule has 1 saturated carbocycles. The maximum absolute atomic E-state index is 13.7. The fourth-order valence-electron chi connectivity index (χ4n) is 3.12. The molecule has 0 atom stereocenters. The van der Waals surface area contributed by atoms with Crippen molar-refractivity contribution in [3.63, 3.8) is 0 Å². The number of nitro benzene ring substituents is 1. The molecular weight excluding hydrogens is 416 g/mol. The lowest BCUT2D eigenvalue weighted by Crippen LogP contribution is -2.21. The van der Waals surface area contributed by atoms with Gasteiger partial charge in [0.2, 0.25) is 0 Å². The van der Waals surface area contributed by atoms with Crippen LogP contribution in [0, 0.1) is 15.9 Å². The van der Waals surface area contributed by atoms with Gasteiger partial charge in [-0.3, -0.25) is 10.1 Å². The van der Waals surface area contributed by atoms with E-state index >= 15 is 0 Å². The molecular formula is C18H16F4N2O4S. The summed E-state index contributed by atoms with van der Waals surface area (Å²) in [6.07, 6.45) is -2.80. The zero-order valence-electron chi connectivity index (χ0n) is 15.1. The van der Waals surface area contributed by atoms with Gasteiger partial charge in [-0.05, 0) is 48.7 Å². The van der Waals surface area contributed by atoms with Gasteiger partial charge in [-0.25, -0.2) is 12.8 Å². The lowest BCUT2D eigenvalue weighted by Gasteiger charge is -2.19. The molecule has 0 saturated heterocycles. The van der Waals surface area contributed by atoms with Gasteiger partial charge < -0.3 is 5.32 Å². The highest BCUT2D eigenvalue weighted by Crippen LogP contribution is 2.49. The minimum atomic E-state index is -4.68. The number of rotatable bonds is 6. The van der Waals surface area contributed by atoms with Crippen molar-refractivity contribution in [2.45, 2.75) is 29.3 Å². The summed E-state index contributed by atoms with van der Waals surface area (Å²) in [5.74, 6) is -0.990. The molecule has 0 heterocycles. The van der Waals surface area contributed by atoms with E-state index in [-0.39, 0.29) is 17.8 Å². The van der Waals surface area contributed by atoms with Crippen molar-refractivity contribution < 1.29 is 30.9 Å². The standard InChI is InChI=1S/C18H16F4N2O4S/c1-29(27,28)16-9-14(2-3-15(16)24(25)26)23-10-17(4-5-17)11-6-12(18(20,21)22)8-13(19)7-11/h2-3,6-9,23H,4-5,10H2,1H3. The number of nitro groups is 1. The van der Waals surface area contributed by atoms with E-state index in [2.05, 4.69) is 5.32 Å². The maximum Gasteiger partial charge on any atom is 0.416 e. The first-order valence-electron chi connectivity index (χ1n) is 8.42. The lowest BCUT2D eigenvalue weighted by molar-refractivity contribution is -0.387. The van der Waals surface area contributed by atoms with E-state index in [1.165, 1.54) is 6.07 Å². The summed E-state index contributed by atoms with van der Waals surface area (Å²) in [5.41, 5.74) is -1.92. The van der Waals surface area contributed by atoms with E-state index in [9.17, 15) is 36.1 Å². The van der Waals surface area contributed by atoms with E-state index in [1.54, 1.807) is 0 Å². The minimum absolute atomic E-state index is 0.120. The molecule has 1 N–H and O–H groups in total. The summed E-state index contributed by atoms with van der Waals surface area (Å²) in [7, 11) is -3.88. The van der Waals surface area contributed by atoms with Gasteiger partial charge in [-0.1, -0.05) is 0 Å². The Bertz CT molecular complexity index is 1080. The molecule has 11 heteroatoms. The van der Waals surface area contributed by atoms with Gasteiger partial charge in [0.1, 0.15) is 10.7 Å². The van der Waals surface area contributed by atoms with Crippen molar-refractivity contribution in [2.24, 2.45) is 0 Å². The number of alkyl halides is 3. The molecule has 0 spiro atoms. The van der Waals surface area contributed by atoms with Crippen LogP contribution in [0.25, 0.3) is 0 Å². The van der Waals surface area contributed by atoms with Crippen molar-refractivity contribution >= 4 is 21.2 Å². The zero-order valence-corrected chi connectivity index (χ0v) is 15.9. The molecule has 0 bridgehead atoms. The molecule has 0 unspecified atom stereocenters. The SMILES string of the molecule is CS(=O)(=O)c1cc(NCC2(c3cc(F)cc(C(F)(F)F)c3)CC2)ccc1[N+](=O)[O-]. The van der Waals surface area contributed by atoms with Crippen molar-refractivity contribution in [1.82, 2.24) is 0 Å². The van der Waals surface area contributed by atoms with E-state index < -0.39 is 48.3 Å². The number of anilines is 1. The smallest absolute Gasteiger partial charge is 0.384 e. The van der Waals surface area contributed by atoms with Crippen LogP contribution in [0.1, 0.15) is 24.0 Å². The highest BCUT2D eigenvalue weighted by molar-refractivity contribution is 7.90. The third-order valence-corrected chi connectivity index (χ3v) is 6.00. The summed E-state index contributed by atoms with van der Waals surface area (Å²) in [4.78, 5) is 9.75. The van der Waals surface area contributed by atoms with Gasteiger partial charge in [0.15, 0.2) is 9.84 Å². The molecule has 3 rings (SSSR count). The summed E-state index contributed by atoms with van der Waals surface area (Å²) in [6.45, 7) is 0.120. The largest absolute Gasteiger partial charge is 0.416 e. The van der Waals surface area contributed by atoms with E-state index in [0.717, 1.165) is 30.5 Å². The summed E-state index contributed by atoms with van der Waals surface area (Å²) in [6, 6.07) is 5.87. The molecule has 6 nitrogen and oxygen atoms in total. The van der Waals surface area contributed by atoms with E-state index in [0.29, 0.717) is 18.9 Å². The van der Waals surface area contributed by atoms with Crippen molar-refractivity contribution in [3.05, 3.63) is 63.5 Å². The number of sulfone groups is 1. The molecule has 2 aromatic rings. The molecule has 0 aliphatic heterocycles. The van der Waals surface area contributed by atoms with Crippen LogP contribution in [0.5, 0.6) is 0 Å². The predicted molar refractivity (Wildman–Crippen MR) is 97.0 cm³/mol. The van der Waals surface area contributed by atoms with Crippen LogP contribution >= 0.6 is 0 Å². The maximum atomic E-state index is 13.7. The van der Waals surface area contributed by atoms with Gasteiger partial charge >= 0.3 is 6.18 Å². The molecule has 1 aliphatic carbocycles. The summed E-state index contributed by atoms with van der Waals surface area (Å²) in [5, 5.41) is 13.9. The molecule has 0 radical (unpaired) electrons. The van der Waals surface area contributed by atoms with Crippen LogP contribution in [0.3, 0.4) is 0 Å². The second-order valence-corrected chi connectivity index (χ2v) is 9.06. The molecule has 0 aromatic heterocycles. The summed E-state index contributed by atoms with van der Waals surface area (Å²) < 4.78 is 76.3. The zero-order chi connectivity index (χ0) is 21.6. The van der Waals surface area contributed by atoms with Crippen LogP contribution in [-0.2, 0) is 21.4 Å². The van der Waals surface area contributed by atoms with Crippen LogP contribution < -0.4 is 5.32 Å². The number of hydrogen-bond acceptors (Lipinski definition) is 5. The Morgan fingerprint density at radius 2 is 1.83 bits per heavy atom. The van der Waals surface area contributed by atoms with Crippen LogP contribution in [0.4, 0.5) is 28.9 Å². The molecule has 2 aromatic carbocycles. The fraction of sp³-hybridized carbons (Fsp3) is 0.333. The second kappa shape index (κ2) is 6.97. The number of nitrogens with zero attached hydrogens (tertiary/aromatic N) is 1. The Morgan fingerprint density at radius 3 is 2.34 bits per heavy atom. The van der Waals surface area contributed by atoms with Gasteiger partial charge in [-0.2, -0.15) is 13.2 Å².